The zero-order valence-corrected chi connectivity index (χ0v) is 32.4. The van der Waals surface area contributed by atoms with Crippen LogP contribution in [0.15, 0.2) is 158 Å². The first-order valence-corrected chi connectivity index (χ1v) is 18.7. The van der Waals surface area contributed by atoms with Gasteiger partial charge in [0.1, 0.15) is 16.6 Å². The van der Waals surface area contributed by atoms with E-state index in [-0.39, 0.29) is 0 Å². The molecule has 0 radical (unpaired) electrons. The monoisotopic (exact) mass is 730 g/mol. The van der Waals surface area contributed by atoms with Crippen molar-refractivity contribution < 1.29 is 19.8 Å². The van der Waals surface area contributed by atoms with Crippen molar-refractivity contribution in [1.29, 1.82) is 0 Å². The smallest absolute Gasteiger partial charge is 0.235 e. The van der Waals surface area contributed by atoms with Crippen molar-refractivity contribution in [3.63, 3.8) is 0 Å². The van der Waals surface area contributed by atoms with Gasteiger partial charge in [-0.05, 0) is 74.9 Å². The van der Waals surface area contributed by atoms with Gasteiger partial charge in [0.05, 0.1) is 12.1 Å². The van der Waals surface area contributed by atoms with Gasteiger partial charge in [-0.2, -0.15) is 0 Å². The molecule has 0 aliphatic rings. The normalized spacial score (nSPS) is 13.1. The summed E-state index contributed by atoms with van der Waals surface area (Å²) < 4.78 is 0. The molecule has 0 aromatic heterocycles. The molecule has 4 N–H and O–H groups in total. The summed E-state index contributed by atoms with van der Waals surface area (Å²) in [7, 11) is 0. The molecule has 0 saturated heterocycles. The third-order valence-electron chi connectivity index (χ3n) is 10.8. The Bertz CT molecular complexity index is 1960. The second-order valence-electron chi connectivity index (χ2n) is 15.3. The van der Waals surface area contributed by atoms with E-state index in [1.807, 2.05) is 185 Å². The molecule has 0 spiro atoms. The molecule has 0 saturated carbocycles. The standard InChI is InChI=1S/C49H50N2O4/c1-33-17-25-39(26-18-33)48(54,40-27-19-34(2)20-28-40)43(37-13-9-7-10-14-37)50-45(52)47(5,6)46(53)51-44(38-15-11-8-12-16-38)49(55,41-29-21-35(3)22-30-41)42-31-23-36(4)24-32-42/h7-32,43-44,54-55H,1-6H3,(H,50,52)(H,51,53)/t43-,44-/m1/s1. The highest BCUT2D eigenvalue weighted by molar-refractivity contribution is 6.04. The lowest BCUT2D eigenvalue weighted by molar-refractivity contribution is -0.144. The van der Waals surface area contributed by atoms with Crippen LogP contribution >= 0.6 is 0 Å². The van der Waals surface area contributed by atoms with Crippen molar-refractivity contribution in [3.8, 4) is 0 Å². The van der Waals surface area contributed by atoms with Crippen molar-refractivity contribution in [2.45, 2.75) is 64.8 Å². The summed E-state index contributed by atoms with van der Waals surface area (Å²) >= 11 is 0. The fourth-order valence-corrected chi connectivity index (χ4v) is 7.11. The zero-order chi connectivity index (χ0) is 39.4. The van der Waals surface area contributed by atoms with E-state index in [9.17, 15) is 19.8 Å². The Hall–Kier alpha value is -5.82. The van der Waals surface area contributed by atoms with Gasteiger partial charge in [0.15, 0.2) is 0 Å². The molecule has 6 aromatic rings. The summed E-state index contributed by atoms with van der Waals surface area (Å²) in [5.41, 5.74) is 2.63. The van der Waals surface area contributed by atoms with Gasteiger partial charge >= 0.3 is 0 Å². The first-order chi connectivity index (χ1) is 26.2. The molecule has 0 bridgehead atoms. The molecule has 0 fully saturated rings. The van der Waals surface area contributed by atoms with E-state index in [1.165, 1.54) is 0 Å². The van der Waals surface area contributed by atoms with Crippen LogP contribution in [0.3, 0.4) is 0 Å². The summed E-state index contributed by atoms with van der Waals surface area (Å²) in [6, 6.07) is 47.1. The quantitative estimate of drug-likeness (QED) is 0.0947. The number of benzene rings is 6. The molecule has 6 heteroatoms. The van der Waals surface area contributed by atoms with Crippen LogP contribution < -0.4 is 10.6 Å². The zero-order valence-electron chi connectivity index (χ0n) is 32.4. The molecular formula is C49H50N2O4. The van der Waals surface area contributed by atoms with E-state index >= 15 is 0 Å². The fourth-order valence-electron chi connectivity index (χ4n) is 7.11. The maximum atomic E-state index is 14.7. The predicted molar refractivity (Wildman–Crippen MR) is 219 cm³/mol. The summed E-state index contributed by atoms with van der Waals surface area (Å²) in [5, 5.41) is 32.4. The molecule has 0 heterocycles. The fraction of sp³-hybridized carbons (Fsp3) is 0.224. The second kappa shape index (κ2) is 15.9. The number of carbonyl (C=O) groups is 2. The number of rotatable bonds is 12. The molecule has 55 heavy (non-hydrogen) atoms. The maximum absolute atomic E-state index is 14.7. The van der Waals surface area contributed by atoms with Gasteiger partial charge in [-0.15, -0.1) is 0 Å². The van der Waals surface area contributed by atoms with Gasteiger partial charge in [0, 0.05) is 0 Å². The highest BCUT2D eigenvalue weighted by atomic mass is 16.3. The summed E-state index contributed by atoms with van der Waals surface area (Å²) in [6.07, 6.45) is 0. The van der Waals surface area contributed by atoms with Gasteiger partial charge in [0.25, 0.3) is 0 Å². The van der Waals surface area contributed by atoms with E-state index in [0.29, 0.717) is 33.4 Å². The molecule has 0 aliphatic heterocycles. The molecule has 0 aliphatic carbocycles. The van der Waals surface area contributed by atoms with E-state index in [2.05, 4.69) is 10.6 Å². The van der Waals surface area contributed by atoms with Crippen molar-refractivity contribution >= 4 is 11.8 Å². The lowest BCUT2D eigenvalue weighted by atomic mass is 9.75. The Kier molecular flexibility index (Phi) is 11.2. The van der Waals surface area contributed by atoms with Crippen LogP contribution in [0.2, 0.25) is 0 Å². The van der Waals surface area contributed by atoms with Crippen LogP contribution in [-0.4, -0.2) is 22.0 Å². The highest BCUT2D eigenvalue weighted by Gasteiger charge is 2.48. The van der Waals surface area contributed by atoms with E-state index in [4.69, 9.17) is 0 Å². The number of aryl methyl sites for hydroxylation is 4. The molecule has 6 nitrogen and oxygen atoms in total. The molecule has 6 aromatic carbocycles. The Labute approximate surface area is 324 Å². The van der Waals surface area contributed by atoms with E-state index in [1.54, 1.807) is 13.8 Å². The molecule has 0 unspecified atom stereocenters. The SMILES string of the molecule is Cc1ccc(C(O)(c2ccc(C)cc2)[C@H](NC(=O)C(C)(C)C(=O)N[C@H](c2ccccc2)C(O)(c2ccc(C)cc2)c2ccc(C)cc2)c2ccccc2)cc1. The van der Waals surface area contributed by atoms with Crippen LogP contribution in [0, 0.1) is 33.1 Å². The average molecular weight is 731 g/mol. The van der Waals surface area contributed by atoms with Gasteiger partial charge in [-0.3, -0.25) is 9.59 Å². The number of amides is 2. The third kappa shape index (κ3) is 7.88. The first kappa shape index (κ1) is 38.9. The largest absolute Gasteiger partial charge is 0.378 e. The van der Waals surface area contributed by atoms with Crippen LogP contribution in [0.4, 0.5) is 0 Å². The van der Waals surface area contributed by atoms with Crippen LogP contribution in [-0.2, 0) is 20.8 Å². The minimum absolute atomic E-state index is 0.587. The third-order valence-corrected chi connectivity index (χ3v) is 10.8. The number of carbonyl (C=O) groups excluding carboxylic acids is 2. The molecule has 2 atom stereocenters. The van der Waals surface area contributed by atoms with Crippen LogP contribution in [0.5, 0.6) is 0 Å². The summed E-state index contributed by atoms with van der Waals surface area (Å²) in [5.74, 6) is -1.20. The first-order valence-electron chi connectivity index (χ1n) is 18.7. The number of hydrogen-bond donors (Lipinski definition) is 4. The average Bonchev–Trinajstić information content (AvgIpc) is 3.20. The Morgan fingerprint density at radius 1 is 0.418 bits per heavy atom. The topological polar surface area (TPSA) is 98.7 Å². The lowest BCUT2D eigenvalue weighted by Crippen LogP contribution is -2.55. The predicted octanol–water partition coefficient (Wildman–Crippen LogP) is 8.83. The highest BCUT2D eigenvalue weighted by Crippen LogP contribution is 2.44. The van der Waals surface area contributed by atoms with E-state index in [0.717, 1.165) is 22.3 Å². The van der Waals surface area contributed by atoms with Gasteiger partial charge in [-0.1, -0.05) is 180 Å². The van der Waals surface area contributed by atoms with Crippen molar-refractivity contribution in [2.75, 3.05) is 0 Å². The molecule has 2 amide bonds. The number of hydrogen-bond acceptors (Lipinski definition) is 4. The van der Waals surface area contributed by atoms with Gasteiger partial charge in [-0.25, -0.2) is 0 Å². The Morgan fingerprint density at radius 3 is 0.891 bits per heavy atom. The minimum atomic E-state index is -1.73. The second-order valence-corrected chi connectivity index (χ2v) is 15.3. The molecular weight excluding hydrogens is 681 g/mol. The Morgan fingerprint density at radius 2 is 0.655 bits per heavy atom. The van der Waals surface area contributed by atoms with Crippen LogP contribution in [0.25, 0.3) is 0 Å². The minimum Gasteiger partial charge on any atom is -0.378 e. The van der Waals surface area contributed by atoms with Gasteiger partial charge < -0.3 is 20.8 Å². The molecule has 6 rings (SSSR count). The van der Waals surface area contributed by atoms with Crippen LogP contribution in [0.1, 0.15) is 81.6 Å². The maximum Gasteiger partial charge on any atom is 0.235 e. The number of aliphatic hydroxyl groups is 2. The number of nitrogens with one attached hydrogen (secondary N) is 2. The van der Waals surface area contributed by atoms with Crippen molar-refractivity contribution in [3.05, 3.63) is 213 Å². The molecule has 280 valence electrons. The van der Waals surface area contributed by atoms with Gasteiger partial charge in [0.2, 0.25) is 11.8 Å². The van der Waals surface area contributed by atoms with Crippen molar-refractivity contribution in [1.82, 2.24) is 10.6 Å². The Balaban J connectivity index is 1.43. The lowest BCUT2D eigenvalue weighted by Gasteiger charge is -2.41. The summed E-state index contributed by atoms with van der Waals surface area (Å²) in [6.45, 7) is 11.0. The van der Waals surface area contributed by atoms with Crippen molar-refractivity contribution in [2.24, 2.45) is 5.41 Å². The van der Waals surface area contributed by atoms with E-state index < -0.39 is 40.5 Å². The summed E-state index contributed by atoms with van der Waals surface area (Å²) in [4.78, 5) is 29.5.